The number of ether oxygens (including phenoxy) is 1. The molecule has 4 nitrogen and oxygen atoms in total. The summed E-state index contributed by atoms with van der Waals surface area (Å²) in [6, 6.07) is 6.08. The van der Waals surface area contributed by atoms with Gasteiger partial charge in [0, 0.05) is 25.4 Å². The van der Waals surface area contributed by atoms with Crippen molar-refractivity contribution in [2.24, 2.45) is 0 Å². The molecule has 0 radical (unpaired) electrons. The van der Waals surface area contributed by atoms with E-state index in [2.05, 4.69) is 9.72 Å². The molecule has 0 aliphatic carbocycles. The fraction of sp³-hybridized carbons (Fsp3) is 0.357. The first-order chi connectivity index (χ1) is 9.60. The number of halogens is 2. The van der Waals surface area contributed by atoms with Crippen molar-refractivity contribution in [2.75, 3.05) is 0 Å². The molecule has 0 saturated carbocycles. The number of nitrogens with zero attached hydrogens (tertiary/aromatic N) is 2. The highest BCUT2D eigenvalue weighted by atomic mass is 19.3. The Morgan fingerprint density at radius 3 is 2.90 bits per heavy atom. The normalized spacial score (nSPS) is 12.7. The second kappa shape index (κ2) is 6.47. The van der Waals surface area contributed by atoms with E-state index in [1.807, 2.05) is 17.7 Å². The maximum absolute atomic E-state index is 12.2. The minimum Gasteiger partial charge on any atom is -0.435 e. The van der Waals surface area contributed by atoms with Crippen LogP contribution < -0.4 is 4.74 Å². The van der Waals surface area contributed by atoms with Gasteiger partial charge in [0.25, 0.3) is 0 Å². The van der Waals surface area contributed by atoms with Crippen molar-refractivity contribution in [3.63, 3.8) is 0 Å². The number of aliphatic hydroxyl groups excluding tert-OH is 1. The summed E-state index contributed by atoms with van der Waals surface area (Å²) in [7, 11) is 0. The Hall–Kier alpha value is -1.95. The first-order valence-corrected chi connectivity index (χ1v) is 6.33. The lowest BCUT2D eigenvalue weighted by Crippen LogP contribution is -2.09. The Morgan fingerprint density at radius 1 is 1.40 bits per heavy atom. The molecule has 0 aliphatic rings. The topological polar surface area (TPSA) is 47.3 Å². The zero-order valence-corrected chi connectivity index (χ0v) is 11.0. The van der Waals surface area contributed by atoms with Gasteiger partial charge in [0.2, 0.25) is 0 Å². The average Bonchev–Trinajstić information content (AvgIpc) is 2.85. The Bertz CT molecular complexity index is 558. The number of aryl methyl sites for hydroxylation is 1. The van der Waals surface area contributed by atoms with Crippen molar-refractivity contribution < 1.29 is 18.6 Å². The number of rotatable bonds is 6. The standard InChI is InChI=1S/C14H16F2N2O2/c1-2-18-7-6-17-13(18)9-12(19)10-4-3-5-11(8-10)20-14(15)16/h3-8,12,14,19H,2,9H2,1H3. The highest BCUT2D eigenvalue weighted by Gasteiger charge is 2.13. The molecule has 20 heavy (non-hydrogen) atoms. The smallest absolute Gasteiger partial charge is 0.387 e. The van der Waals surface area contributed by atoms with Crippen molar-refractivity contribution in [1.29, 1.82) is 0 Å². The highest BCUT2D eigenvalue weighted by Crippen LogP contribution is 2.23. The lowest BCUT2D eigenvalue weighted by molar-refractivity contribution is -0.0499. The zero-order chi connectivity index (χ0) is 14.5. The van der Waals surface area contributed by atoms with E-state index in [1.54, 1.807) is 18.3 Å². The number of aliphatic hydroxyl groups is 1. The Labute approximate surface area is 115 Å². The van der Waals surface area contributed by atoms with Gasteiger partial charge in [0.05, 0.1) is 6.10 Å². The van der Waals surface area contributed by atoms with Crippen LogP contribution in [-0.2, 0) is 13.0 Å². The van der Waals surface area contributed by atoms with E-state index in [1.165, 1.54) is 12.1 Å². The SMILES string of the molecule is CCn1ccnc1CC(O)c1cccc(OC(F)F)c1. The van der Waals surface area contributed by atoms with Crippen LogP contribution >= 0.6 is 0 Å². The summed E-state index contributed by atoms with van der Waals surface area (Å²) in [6.07, 6.45) is 3.00. The van der Waals surface area contributed by atoms with Crippen LogP contribution in [0.5, 0.6) is 5.75 Å². The number of hydrogen-bond donors (Lipinski definition) is 1. The first-order valence-electron chi connectivity index (χ1n) is 6.33. The molecule has 0 aliphatic heterocycles. The molecule has 2 aromatic rings. The third-order valence-electron chi connectivity index (χ3n) is 2.99. The van der Waals surface area contributed by atoms with E-state index < -0.39 is 12.7 Å². The van der Waals surface area contributed by atoms with Crippen LogP contribution in [0.2, 0.25) is 0 Å². The summed E-state index contributed by atoms with van der Waals surface area (Å²) < 4.78 is 30.6. The maximum atomic E-state index is 12.2. The van der Waals surface area contributed by atoms with Crippen molar-refractivity contribution in [3.8, 4) is 5.75 Å². The number of aromatic nitrogens is 2. The monoisotopic (exact) mass is 282 g/mol. The van der Waals surface area contributed by atoms with Gasteiger partial charge in [-0.1, -0.05) is 12.1 Å². The van der Waals surface area contributed by atoms with Gasteiger partial charge in [-0.15, -0.1) is 0 Å². The third kappa shape index (κ3) is 3.54. The lowest BCUT2D eigenvalue weighted by Gasteiger charge is -2.13. The van der Waals surface area contributed by atoms with Crippen LogP contribution in [0.15, 0.2) is 36.7 Å². The van der Waals surface area contributed by atoms with Crippen molar-refractivity contribution in [3.05, 3.63) is 48.0 Å². The second-order valence-corrected chi connectivity index (χ2v) is 4.30. The van der Waals surface area contributed by atoms with Gasteiger partial charge >= 0.3 is 6.61 Å². The van der Waals surface area contributed by atoms with Crippen molar-refractivity contribution in [1.82, 2.24) is 9.55 Å². The van der Waals surface area contributed by atoms with Crippen molar-refractivity contribution >= 4 is 0 Å². The summed E-state index contributed by atoms with van der Waals surface area (Å²) in [5, 5.41) is 10.2. The Kier molecular flexibility index (Phi) is 4.68. The molecule has 1 heterocycles. The molecular weight excluding hydrogens is 266 g/mol. The summed E-state index contributed by atoms with van der Waals surface area (Å²) in [6.45, 7) is -0.132. The number of hydrogen-bond acceptors (Lipinski definition) is 3. The van der Waals surface area contributed by atoms with E-state index in [0.29, 0.717) is 12.0 Å². The van der Waals surface area contributed by atoms with E-state index in [0.717, 1.165) is 12.4 Å². The Morgan fingerprint density at radius 2 is 2.20 bits per heavy atom. The predicted octanol–water partition coefficient (Wildman–Crippen LogP) is 2.78. The predicted molar refractivity (Wildman–Crippen MR) is 69.6 cm³/mol. The van der Waals surface area contributed by atoms with Crippen LogP contribution in [0.25, 0.3) is 0 Å². The number of benzene rings is 1. The van der Waals surface area contributed by atoms with Gasteiger partial charge in [-0.05, 0) is 24.6 Å². The van der Waals surface area contributed by atoms with E-state index >= 15 is 0 Å². The van der Waals surface area contributed by atoms with Crippen LogP contribution in [0, 0.1) is 0 Å². The molecule has 6 heteroatoms. The average molecular weight is 282 g/mol. The van der Waals surface area contributed by atoms with Crippen LogP contribution in [0.4, 0.5) is 8.78 Å². The fourth-order valence-corrected chi connectivity index (χ4v) is 2.01. The number of alkyl halides is 2. The molecule has 0 spiro atoms. The molecule has 1 aromatic carbocycles. The minimum absolute atomic E-state index is 0.0374. The molecule has 2 rings (SSSR count). The van der Waals surface area contributed by atoms with Crippen LogP contribution in [0.1, 0.15) is 24.4 Å². The summed E-state index contributed by atoms with van der Waals surface area (Å²) >= 11 is 0. The fourth-order valence-electron chi connectivity index (χ4n) is 2.01. The summed E-state index contributed by atoms with van der Waals surface area (Å²) in [4.78, 5) is 4.18. The molecule has 0 saturated heterocycles. The zero-order valence-electron chi connectivity index (χ0n) is 11.0. The van der Waals surface area contributed by atoms with Gasteiger partial charge in [0.1, 0.15) is 11.6 Å². The van der Waals surface area contributed by atoms with Crippen molar-refractivity contribution in [2.45, 2.75) is 32.6 Å². The molecule has 1 atom stereocenters. The van der Waals surface area contributed by atoms with E-state index in [-0.39, 0.29) is 5.75 Å². The quantitative estimate of drug-likeness (QED) is 0.886. The maximum Gasteiger partial charge on any atom is 0.387 e. The Balaban J connectivity index is 2.10. The summed E-state index contributed by atoms with van der Waals surface area (Å²) in [5.74, 6) is 0.788. The van der Waals surface area contributed by atoms with Gasteiger partial charge < -0.3 is 14.4 Å². The van der Waals surface area contributed by atoms with E-state index in [4.69, 9.17) is 0 Å². The molecule has 1 aromatic heterocycles. The van der Waals surface area contributed by atoms with Gasteiger partial charge in [-0.25, -0.2) is 4.98 Å². The molecule has 1 N–H and O–H groups in total. The second-order valence-electron chi connectivity index (χ2n) is 4.30. The van der Waals surface area contributed by atoms with Gasteiger partial charge in [-0.2, -0.15) is 8.78 Å². The molecule has 1 unspecified atom stereocenters. The minimum atomic E-state index is -2.87. The van der Waals surface area contributed by atoms with Crippen LogP contribution in [-0.4, -0.2) is 21.3 Å². The van der Waals surface area contributed by atoms with E-state index in [9.17, 15) is 13.9 Å². The van der Waals surface area contributed by atoms with Gasteiger partial charge in [0.15, 0.2) is 0 Å². The molecule has 0 fully saturated rings. The summed E-state index contributed by atoms with van der Waals surface area (Å²) in [5.41, 5.74) is 0.522. The van der Waals surface area contributed by atoms with Crippen LogP contribution in [0.3, 0.4) is 0 Å². The molecule has 108 valence electrons. The molecule has 0 amide bonds. The molecule has 0 bridgehead atoms. The first kappa shape index (κ1) is 14.5. The van der Waals surface area contributed by atoms with Gasteiger partial charge in [-0.3, -0.25) is 0 Å². The number of imidazole rings is 1. The third-order valence-corrected chi connectivity index (χ3v) is 2.99. The highest BCUT2D eigenvalue weighted by molar-refractivity contribution is 5.30. The molecular formula is C14H16F2N2O2. The lowest BCUT2D eigenvalue weighted by atomic mass is 10.1. The largest absolute Gasteiger partial charge is 0.435 e.